The van der Waals surface area contributed by atoms with Gasteiger partial charge in [-0.2, -0.15) is 0 Å². The van der Waals surface area contributed by atoms with Gasteiger partial charge in [-0.3, -0.25) is 13.8 Å². The Morgan fingerprint density at radius 1 is 0.698 bits per heavy atom. The van der Waals surface area contributed by atoms with Crippen molar-refractivity contribution >= 4 is 13.7 Å². The summed E-state index contributed by atoms with van der Waals surface area (Å²) >= 11 is 0. The third-order valence-corrected chi connectivity index (χ3v) is 10.1. The number of rotatable bonds is 37. The predicted molar refractivity (Wildman–Crippen MR) is 223 cm³/mol. The third kappa shape index (κ3) is 37.1. The molecule has 0 aliphatic heterocycles. The van der Waals surface area contributed by atoms with Crippen LogP contribution >= 0.6 is 7.82 Å². The molecule has 4 atom stereocenters. The molecule has 10 heteroatoms. The van der Waals surface area contributed by atoms with Gasteiger partial charge in [0.05, 0.1) is 46.0 Å². The number of allylic oxidation sites excluding steroid dienone is 5. The fourth-order valence-corrected chi connectivity index (χ4v) is 6.46. The first-order chi connectivity index (χ1) is 25.4. The lowest BCUT2D eigenvalue weighted by Gasteiger charge is -2.25. The summed E-state index contributed by atoms with van der Waals surface area (Å²) in [5.41, 5.74) is 0. The molecule has 0 saturated heterocycles. The molecule has 0 aromatic heterocycles. The summed E-state index contributed by atoms with van der Waals surface area (Å²) in [6, 6.07) is -0.873. The summed E-state index contributed by atoms with van der Waals surface area (Å²) < 4.78 is 23.5. The maximum Gasteiger partial charge on any atom is 0.472 e. The van der Waals surface area contributed by atoms with Gasteiger partial charge < -0.3 is 24.9 Å². The van der Waals surface area contributed by atoms with Crippen LogP contribution in [0.1, 0.15) is 162 Å². The summed E-state index contributed by atoms with van der Waals surface area (Å²) in [4.78, 5) is 23.1. The highest BCUT2D eigenvalue weighted by atomic mass is 31.2. The number of carbonyl (C=O) groups is 1. The molecule has 0 radical (unpaired) electrons. The second-order valence-corrected chi connectivity index (χ2v) is 17.0. The largest absolute Gasteiger partial charge is 0.472 e. The number of nitrogens with zero attached hydrogens (tertiary/aromatic N) is 1. The normalized spacial score (nSPS) is 15.5. The van der Waals surface area contributed by atoms with Crippen LogP contribution in [0.4, 0.5) is 0 Å². The van der Waals surface area contributed by atoms with E-state index in [-0.39, 0.29) is 19.1 Å². The van der Waals surface area contributed by atoms with E-state index in [1.807, 2.05) is 45.4 Å². The van der Waals surface area contributed by atoms with E-state index >= 15 is 0 Å². The Morgan fingerprint density at radius 3 is 1.81 bits per heavy atom. The quantitative estimate of drug-likeness (QED) is 0.0163. The first kappa shape index (κ1) is 51.4. The molecular formula is C43H82N2O7P+. The van der Waals surface area contributed by atoms with Crippen molar-refractivity contribution in [1.82, 2.24) is 5.32 Å². The Bertz CT molecular complexity index is 1020. The highest BCUT2D eigenvalue weighted by Gasteiger charge is 2.27. The minimum absolute atomic E-state index is 0.0462. The molecule has 0 rings (SSSR count). The second-order valence-electron chi connectivity index (χ2n) is 15.5. The van der Waals surface area contributed by atoms with Gasteiger partial charge in [0.15, 0.2) is 0 Å². The number of likely N-dealkylation sites (N-methyl/N-ethyl adjacent to an activating group) is 1. The number of hydrogen-bond acceptors (Lipinski definition) is 6. The van der Waals surface area contributed by atoms with Gasteiger partial charge in [0.25, 0.3) is 0 Å². The van der Waals surface area contributed by atoms with Crippen LogP contribution in [-0.2, 0) is 18.4 Å². The number of phosphoric ester groups is 1. The van der Waals surface area contributed by atoms with Gasteiger partial charge in [0.2, 0.25) is 5.91 Å². The maximum atomic E-state index is 12.8. The highest BCUT2D eigenvalue weighted by Crippen LogP contribution is 2.43. The Kier molecular flexibility index (Phi) is 33.8. The van der Waals surface area contributed by atoms with E-state index in [9.17, 15) is 24.5 Å². The number of nitrogens with one attached hydrogen (secondary N) is 1. The molecule has 53 heavy (non-hydrogen) atoms. The molecule has 0 aromatic rings. The zero-order valence-corrected chi connectivity index (χ0v) is 35.5. The van der Waals surface area contributed by atoms with Crippen LogP contribution < -0.4 is 5.32 Å². The average Bonchev–Trinajstić information content (AvgIpc) is 3.10. The molecule has 0 saturated carbocycles. The van der Waals surface area contributed by atoms with Crippen molar-refractivity contribution in [3.63, 3.8) is 0 Å². The van der Waals surface area contributed by atoms with E-state index in [4.69, 9.17) is 9.05 Å². The zero-order valence-electron chi connectivity index (χ0n) is 34.6. The van der Waals surface area contributed by atoms with E-state index in [1.54, 1.807) is 12.2 Å². The minimum atomic E-state index is -4.35. The summed E-state index contributed by atoms with van der Waals surface area (Å²) in [6.07, 6.45) is 39.3. The number of phosphoric acid groups is 1. The summed E-state index contributed by atoms with van der Waals surface area (Å²) in [6.45, 7) is 4.56. The summed E-state index contributed by atoms with van der Waals surface area (Å²) in [5.74, 6) is -0.219. The molecule has 0 aliphatic rings. The third-order valence-electron chi connectivity index (χ3n) is 9.14. The number of carbonyl (C=O) groups excluding carboxylic acids is 1. The second kappa shape index (κ2) is 34.9. The van der Waals surface area contributed by atoms with Crippen LogP contribution in [0.25, 0.3) is 0 Å². The molecule has 0 bridgehead atoms. The number of aliphatic hydroxyl groups excluding tert-OH is 2. The molecule has 2 unspecified atom stereocenters. The molecule has 0 aromatic carbocycles. The fraction of sp³-hybridized carbons (Fsp3) is 0.791. The summed E-state index contributed by atoms with van der Waals surface area (Å²) in [5, 5.41) is 23.7. The van der Waals surface area contributed by atoms with Crippen LogP contribution in [0.3, 0.4) is 0 Å². The number of amides is 1. The fourth-order valence-electron chi connectivity index (χ4n) is 5.72. The van der Waals surface area contributed by atoms with Gasteiger partial charge in [-0.1, -0.05) is 159 Å². The van der Waals surface area contributed by atoms with Crippen LogP contribution in [0, 0.1) is 0 Å². The number of unbranched alkanes of at least 4 members (excludes halogenated alkanes) is 18. The molecule has 0 heterocycles. The Hall–Kier alpha value is -1.58. The number of aliphatic hydroxyl groups is 2. The van der Waals surface area contributed by atoms with E-state index in [0.717, 1.165) is 64.2 Å². The van der Waals surface area contributed by atoms with Crippen molar-refractivity contribution in [3.05, 3.63) is 48.6 Å². The van der Waals surface area contributed by atoms with Gasteiger partial charge in [0, 0.05) is 6.42 Å². The van der Waals surface area contributed by atoms with Gasteiger partial charge >= 0.3 is 7.82 Å². The molecule has 9 nitrogen and oxygen atoms in total. The average molecular weight is 770 g/mol. The van der Waals surface area contributed by atoms with Crippen molar-refractivity contribution in [3.8, 4) is 0 Å². The molecule has 1 amide bonds. The monoisotopic (exact) mass is 770 g/mol. The molecule has 4 N–H and O–H groups in total. The van der Waals surface area contributed by atoms with Crippen molar-refractivity contribution < 1.29 is 38.0 Å². The Labute approximate surface area is 325 Å². The molecule has 310 valence electrons. The Morgan fingerprint density at radius 2 is 1.25 bits per heavy atom. The highest BCUT2D eigenvalue weighted by molar-refractivity contribution is 7.47. The van der Waals surface area contributed by atoms with E-state index in [2.05, 4.69) is 31.3 Å². The maximum absolute atomic E-state index is 12.8. The van der Waals surface area contributed by atoms with Gasteiger partial charge in [-0.05, 0) is 44.9 Å². The smallest absolute Gasteiger partial charge is 0.389 e. The predicted octanol–water partition coefficient (Wildman–Crippen LogP) is 10.3. The molecule has 0 fully saturated rings. The number of quaternary nitrogens is 1. The first-order valence-corrected chi connectivity index (χ1v) is 22.6. The lowest BCUT2D eigenvalue weighted by atomic mass is 10.0. The first-order valence-electron chi connectivity index (χ1n) is 21.1. The number of hydrogen-bond donors (Lipinski definition) is 4. The minimum Gasteiger partial charge on any atom is -0.389 e. The van der Waals surface area contributed by atoms with Crippen LogP contribution in [-0.4, -0.2) is 84.6 Å². The van der Waals surface area contributed by atoms with Gasteiger partial charge in [0.1, 0.15) is 13.2 Å². The van der Waals surface area contributed by atoms with Crippen LogP contribution in [0.2, 0.25) is 0 Å². The molecule has 0 spiro atoms. The standard InChI is InChI=1S/C43H81N2O7P/c1-6-8-10-11-12-13-14-15-16-17-18-21-24-27-31-35-42(47)41(39-52-53(49,50)51-38-37-45(3,4)5)44-43(48)36-32-28-25-22-19-20-23-26-30-34-40(46)33-29-9-7-2/h9,23,26,29-31,34-35,40-42,46-47H,6-8,10-22,24-25,27-28,32-33,36-39H2,1-5H3,(H-,44,48,49,50)/p+1/b26-23+,29-9+,34-30+,35-31+/t40?,41-,42+/m0/s1. The van der Waals surface area contributed by atoms with Crippen molar-refractivity contribution in [2.24, 2.45) is 0 Å². The van der Waals surface area contributed by atoms with Crippen molar-refractivity contribution in [2.75, 3.05) is 40.9 Å². The lowest BCUT2D eigenvalue weighted by Crippen LogP contribution is -2.45. The van der Waals surface area contributed by atoms with E-state index < -0.39 is 26.1 Å². The van der Waals surface area contributed by atoms with Gasteiger partial charge in [-0.25, -0.2) is 4.57 Å². The van der Waals surface area contributed by atoms with Crippen LogP contribution in [0.5, 0.6) is 0 Å². The zero-order chi connectivity index (χ0) is 39.5. The van der Waals surface area contributed by atoms with Crippen LogP contribution in [0.15, 0.2) is 48.6 Å². The van der Waals surface area contributed by atoms with E-state index in [0.29, 0.717) is 23.9 Å². The van der Waals surface area contributed by atoms with Crippen molar-refractivity contribution in [2.45, 2.75) is 180 Å². The SMILES string of the molecule is CC/C=C/CC(O)/C=C/C=C/CCCCCCCC(=O)N[C@@H](COP(=O)(O)OCC[N+](C)(C)C)[C@H](O)/C=C/CCCCCCCCCCCCCCC. The molecule has 0 aliphatic carbocycles. The summed E-state index contributed by atoms with van der Waals surface area (Å²) in [7, 11) is 1.52. The van der Waals surface area contributed by atoms with E-state index in [1.165, 1.54) is 70.6 Å². The van der Waals surface area contributed by atoms with Gasteiger partial charge in [-0.15, -0.1) is 0 Å². The topological polar surface area (TPSA) is 125 Å². The lowest BCUT2D eigenvalue weighted by molar-refractivity contribution is -0.870. The van der Waals surface area contributed by atoms with Crippen molar-refractivity contribution in [1.29, 1.82) is 0 Å². The Balaban J connectivity index is 4.55. The molecular weight excluding hydrogens is 687 g/mol.